The predicted molar refractivity (Wildman–Crippen MR) is 65.8 cm³/mol. The molecule has 1 aromatic rings. The smallest absolute Gasteiger partial charge is 0.238 e. The summed E-state index contributed by atoms with van der Waals surface area (Å²) in [6.07, 6.45) is 0.0819. The molecule has 1 atom stereocenters. The molecule has 0 spiro atoms. The maximum Gasteiger partial charge on any atom is 0.238 e. The highest BCUT2D eigenvalue weighted by Crippen LogP contribution is 2.29. The molecule has 1 saturated heterocycles. The summed E-state index contributed by atoms with van der Waals surface area (Å²) in [5, 5.41) is 0. The van der Waals surface area contributed by atoms with Gasteiger partial charge in [0.25, 0.3) is 0 Å². The summed E-state index contributed by atoms with van der Waals surface area (Å²) in [5.41, 5.74) is -0.172. The Hall–Kier alpha value is -1.05. The number of imide groups is 1. The normalized spacial score (nSPS) is 20.2. The van der Waals surface area contributed by atoms with Gasteiger partial charge in [-0.05, 0) is 12.1 Å². The van der Waals surface area contributed by atoms with E-state index in [0.717, 1.165) is 17.0 Å². The summed E-state index contributed by atoms with van der Waals surface area (Å²) in [4.78, 5) is 24.3. The van der Waals surface area contributed by atoms with Crippen molar-refractivity contribution in [1.29, 1.82) is 0 Å². The second-order valence-corrected chi connectivity index (χ2v) is 4.60. The fourth-order valence-electron chi connectivity index (χ4n) is 1.73. The number of amides is 2. The SMILES string of the molecule is O=C1CC(CI)C(=O)N1c1ccc(F)cc1F. The molecule has 1 aliphatic rings. The average Bonchev–Trinajstić information content (AvgIpc) is 2.55. The molecule has 6 heteroatoms. The molecule has 1 unspecified atom stereocenters. The van der Waals surface area contributed by atoms with E-state index in [9.17, 15) is 18.4 Å². The van der Waals surface area contributed by atoms with Gasteiger partial charge in [-0.15, -0.1) is 0 Å². The Morgan fingerprint density at radius 2 is 2.06 bits per heavy atom. The fourth-order valence-corrected chi connectivity index (χ4v) is 2.42. The quantitative estimate of drug-likeness (QED) is 0.466. The number of anilines is 1. The number of hydrogen-bond acceptors (Lipinski definition) is 2. The molecule has 2 amide bonds. The first kappa shape index (κ1) is 12.4. The van der Waals surface area contributed by atoms with E-state index in [1.54, 1.807) is 0 Å². The van der Waals surface area contributed by atoms with E-state index in [1.807, 2.05) is 22.6 Å². The standard InChI is InChI=1S/C11H8F2INO2/c12-7-1-2-9(8(13)4-7)15-10(16)3-6(5-14)11(15)17/h1-2,4,6H,3,5H2. The second-order valence-electron chi connectivity index (χ2n) is 3.72. The zero-order valence-electron chi connectivity index (χ0n) is 8.62. The third-order valence-electron chi connectivity index (χ3n) is 2.58. The minimum Gasteiger partial charge on any atom is -0.274 e. The fraction of sp³-hybridized carbons (Fsp3) is 0.273. The van der Waals surface area contributed by atoms with Gasteiger partial charge in [0.05, 0.1) is 11.6 Å². The van der Waals surface area contributed by atoms with Crippen LogP contribution in [0.3, 0.4) is 0 Å². The van der Waals surface area contributed by atoms with Crippen LogP contribution in [0.1, 0.15) is 6.42 Å². The first-order chi connectivity index (χ1) is 8.04. The minimum atomic E-state index is -0.902. The number of benzene rings is 1. The highest BCUT2D eigenvalue weighted by atomic mass is 127. The van der Waals surface area contributed by atoms with Crippen molar-refractivity contribution < 1.29 is 18.4 Å². The van der Waals surface area contributed by atoms with Crippen molar-refractivity contribution in [3.05, 3.63) is 29.8 Å². The van der Waals surface area contributed by atoms with Gasteiger partial charge in [-0.2, -0.15) is 0 Å². The van der Waals surface area contributed by atoms with Gasteiger partial charge in [0.2, 0.25) is 11.8 Å². The lowest BCUT2D eigenvalue weighted by Gasteiger charge is -2.15. The molecule has 0 N–H and O–H groups in total. The van der Waals surface area contributed by atoms with Crippen LogP contribution in [0.4, 0.5) is 14.5 Å². The molecular weight excluding hydrogens is 343 g/mol. The van der Waals surface area contributed by atoms with Crippen molar-refractivity contribution in [3.8, 4) is 0 Å². The molecule has 17 heavy (non-hydrogen) atoms. The van der Waals surface area contributed by atoms with Gasteiger partial charge in [-0.25, -0.2) is 13.7 Å². The predicted octanol–water partition coefficient (Wildman–Crippen LogP) is 2.28. The molecule has 1 aliphatic heterocycles. The molecule has 1 aromatic carbocycles. The first-order valence-corrected chi connectivity index (χ1v) is 6.45. The number of carbonyl (C=O) groups excluding carboxylic acids is 2. The largest absolute Gasteiger partial charge is 0.274 e. The Bertz CT molecular complexity index is 492. The topological polar surface area (TPSA) is 37.4 Å². The van der Waals surface area contributed by atoms with Crippen molar-refractivity contribution in [2.45, 2.75) is 6.42 Å². The van der Waals surface area contributed by atoms with Crippen LogP contribution in [-0.4, -0.2) is 16.2 Å². The zero-order valence-corrected chi connectivity index (χ0v) is 10.8. The van der Waals surface area contributed by atoms with Crippen molar-refractivity contribution in [2.75, 3.05) is 9.33 Å². The molecule has 90 valence electrons. The lowest BCUT2D eigenvalue weighted by atomic mass is 10.1. The summed E-state index contributed by atoms with van der Waals surface area (Å²) in [6.45, 7) is 0. The Balaban J connectivity index is 2.40. The highest BCUT2D eigenvalue weighted by molar-refractivity contribution is 14.1. The van der Waals surface area contributed by atoms with Gasteiger partial charge in [0, 0.05) is 16.9 Å². The van der Waals surface area contributed by atoms with E-state index < -0.39 is 29.4 Å². The van der Waals surface area contributed by atoms with Crippen LogP contribution in [-0.2, 0) is 9.59 Å². The zero-order chi connectivity index (χ0) is 12.6. The van der Waals surface area contributed by atoms with Crippen molar-refractivity contribution >= 4 is 40.1 Å². The van der Waals surface area contributed by atoms with Crippen LogP contribution in [0, 0.1) is 17.6 Å². The monoisotopic (exact) mass is 351 g/mol. The van der Waals surface area contributed by atoms with Gasteiger partial charge < -0.3 is 0 Å². The van der Waals surface area contributed by atoms with E-state index in [4.69, 9.17) is 0 Å². The number of halogens is 3. The van der Waals surface area contributed by atoms with Gasteiger partial charge in [-0.1, -0.05) is 22.6 Å². The van der Waals surface area contributed by atoms with E-state index >= 15 is 0 Å². The summed E-state index contributed by atoms with van der Waals surface area (Å²) in [5.74, 6) is -2.92. The summed E-state index contributed by atoms with van der Waals surface area (Å²) in [6, 6.07) is 2.79. The lowest BCUT2D eigenvalue weighted by Crippen LogP contribution is -2.31. The maximum absolute atomic E-state index is 13.5. The molecule has 0 aliphatic carbocycles. The van der Waals surface area contributed by atoms with Crippen LogP contribution in [0.5, 0.6) is 0 Å². The molecule has 1 fully saturated rings. The molecule has 0 bridgehead atoms. The Kier molecular flexibility index (Phi) is 3.41. The summed E-state index contributed by atoms with van der Waals surface area (Å²) >= 11 is 2.00. The van der Waals surface area contributed by atoms with Crippen LogP contribution < -0.4 is 4.90 Å². The second kappa shape index (κ2) is 4.67. The lowest BCUT2D eigenvalue weighted by molar-refractivity contribution is -0.122. The molecule has 1 heterocycles. The van der Waals surface area contributed by atoms with E-state index in [2.05, 4.69) is 0 Å². The number of carbonyl (C=O) groups is 2. The van der Waals surface area contributed by atoms with Crippen molar-refractivity contribution in [3.63, 3.8) is 0 Å². The maximum atomic E-state index is 13.5. The number of alkyl halides is 1. The molecule has 0 radical (unpaired) electrons. The molecular formula is C11H8F2INO2. The van der Waals surface area contributed by atoms with Gasteiger partial charge in [0.15, 0.2) is 0 Å². The minimum absolute atomic E-state index is 0.0819. The van der Waals surface area contributed by atoms with Crippen LogP contribution in [0.15, 0.2) is 18.2 Å². The van der Waals surface area contributed by atoms with Gasteiger partial charge in [0.1, 0.15) is 11.6 Å². The number of hydrogen-bond donors (Lipinski definition) is 0. The summed E-state index contributed by atoms with van der Waals surface area (Å²) < 4.78 is 26.7. The highest BCUT2D eigenvalue weighted by Gasteiger charge is 2.39. The molecule has 0 saturated carbocycles. The van der Waals surface area contributed by atoms with E-state index in [0.29, 0.717) is 10.5 Å². The van der Waals surface area contributed by atoms with Gasteiger partial charge in [-0.3, -0.25) is 9.59 Å². The van der Waals surface area contributed by atoms with Gasteiger partial charge >= 0.3 is 0 Å². The number of rotatable bonds is 2. The Labute approximate surface area is 110 Å². The third kappa shape index (κ3) is 2.18. The summed E-state index contributed by atoms with van der Waals surface area (Å²) in [7, 11) is 0. The van der Waals surface area contributed by atoms with Crippen molar-refractivity contribution in [2.24, 2.45) is 5.92 Å². The van der Waals surface area contributed by atoms with Crippen molar-refractivity contribution in [1.82, 2.24) is 0 Å². The van der Waals surface area contributed by atoms with Crippen LogP contribution in [0.25, 0.3) is 0 Å². The Morgan fingerprint density at radius 1 is 1.35 bits per heavy atom. The average molecular weight is 351 g/mol. The first-order valence-electron chi connectivity index (χ1n) is 4.92. The third-order valence-corrected chi connectivity index (χ3v) is 3.64. The van der Waals surface area contributed by atoms with E-state index in [-0.39, 0.29) is 12.1 Å². The Morgan fingerprint density at radius 3 is 2.59 bits per heavy atom. The van der Waals surface area contributed by atoms with Crippen LogP contribution >= 0.6 is 22.6 Å². The molecule has 3 nitrogen and oxygen atoms in total. The van der Waals surface area contributed by atoms with Crippen LogP contribution in [0.2, 0.25) is 0 Å². The number of nitrogens with zero attached hydrogens (tertiary/aromatic N) is 1. The van der Waals surface area contributed by atoms with E-state index in [1.165, 1.54) is 0 Å². The molecule has 2 rings (SSSR count). The molecule has 0 aromatic heterocycles.